The van der Waals surface area contributed by atoms with E-state index in [9.17, 15) is 19.2 Å². The zero-order valence-corrected chi connectivity index (χ0v) is 19.3. The third kappa shape index (κ3) is 6.91. The van der Waals surface area contributed by atoms with E-state index in [-0.39, 0.29) is 25.7 Å². The zero-order valence-electron chi connectivity index (χ0n) is 17.8. The number of carbonyl (C=O) groups is 4. The molecule has 1 aromatic heterocycles. The molecule has 10 nitrogen and oxygen atoms in total. The van der Waals surface area contributed by atoms with Crippen molar-refractivity contribution in [1.82, 2.24) is 10.6 Å². The van der Waals surface area contributed by atoms with Crippen LogP contribution in [0.4, 0.5) is 16.2 Å². The van der Waals surface area contributed by atoms with E-state index in [0.29, 0.717) is 33.7 Å². The van der Waals surface area contributed by atoms with Gasteiger partial charge in [-0.1, -0.05) is 11.6 Å². The van der Waals surface area contributed by atoms with Crippen LogP contribution in [0, 0.1) is 0 Å². The molecule has 12 heteroatoms. The molecule has 1 aliphatic rings. The molecular formula is C21H23ClN4O6S. The highest BCUT2D eigenvalue weighted by atomic mass is 35.5. The SMILES string of the molecule is CCOC(=O)N[C@@H](CNC(=O)c1ccc(Cl)s1)C(=O)Nc1ccc(N2CCOCC2=O)cc1. The second-order valence-electron chi connectivity index (χ2n) is 6.87. The van der Waals surface area contributed by atoms with Crippen molar-refractivity contribution in [3.8, 4) is 0 Å². The van der Waals surface area contributed by atoms with Gasteiger partial charge >= 0.3 is 6.09 Å². The first-order chi connectivity index (χ1) is 15.9. The molecule has 0 saturated carbocycles. The Balaban J connectivity index is 1.63. The minimum Gasteiger partial charge on any atom is -0.450 e. The van der Waals surface area contributed by atoms with Crippen LogP contribution in [0.15, 0.2) is 36.4 Å². The van der Waals surface area contributed by atoms with Gasteiger partial charge in [-0.15, -0.1) is 11.3 Å². The maximum atomic E-state index is 12.8. The Kier molecular flexibility index (Phi) is 8.64. The van der Waals surface area contributed by atoms with Gasteiger partial charge < -0.3 is 30.3 Å². The number of nitrogens with one attached hydrogen (secondary N) is 3. The molecule has 3 N–H and O–H groups in total. The number of ether oxygens (including phenoxy) is 2. The molecule has 2 heterocycles. The molecule has 1 aliphatic heterocycles. The van der Waals surface area contributed by atoms with Gasteiger partial charge in [0.1, 0.15) is 12.6 Å². The van der Waals surface area contributed by atoms with E-state index >= 15 is 0 Å². The molecule has 1 fully saturated rings. The summed E-state index contributed by atoms with van der Waals surface area (Å²) in [4.78, 5) is 50.9. The fourth-order valence-electron chi connectivity index (χ4n) is 2.99. The van der Waals surface area contributed by atoms with Crippen LogP contribution in [0.1, 0.15) is 16.6 Å². The number of morpholine rings is 1. The standard InChI is InChI=1S/C21H23ClN4O6S/c1-2-32-21(30)25-15(11-23-20(29)16-7-8-17(22)33-16)19(28)24-13-3-5-14(6-4-13)26-9-10-31-12-18(26)27/h3-8,15H,2,9-12H2,1H3,(H,23,29)(H,24,28)(H,25,30)/t15-/m0/s1. The molecule has 0 unspecified atom stereocenters. The summed E-state index contributed by atoms with van der Waals surface area (Å²) >= 11 is 6.95. The lowest BCUT2D eigenvalue weighted by molar-refractivity contribution is -0.125. The van der Waals surface area contributed by atoms with Crippen LogP contribution >= 0.6 is 22.9 Å². The summed E-state index contributed by atoms with van der Waals surface area (Å²) in [5, 5.41) is 7.74. The molecule has 0 spiro atoms. The van der Waals surface area contributed by atoms with E-state index in [1.54, 1.807) is 48.2 Å². The fraction of sp³-hybridized carbons (Fsp3) is 0.333. The Bertz CT molecular complexity index is 1010. The predicted molar refractivity (Wildman–Crippen MR) is 124 cm³/mol. The summed E-state index contributed by atoms with van der Waals surface area (Å²) in [6.45, 7) is 2.53. The van der Waals surface area contributed by atoms with Gasteiger partial charge in [-0.25, -0.2) is 4.79 Å². The first-order valence-electron chi connectivity index (χ1n) is 10.1. The molecular weight excluding hydrogens is 472 g/mol. The zero-order chi connectivity index (χ0) is 23.8. The van der Waals surface area contributed by atoms with E-state index in [2.05, 4.69) is 16.0 Å². The number of benzene rings is 1. The molecule has 1 aromatic carbocycles. The third-order valence-electron chi connectivity index (χ3n) is 4.58. The normalized spacial score (nSPS) is 14.4. The van der Waals surface area contributed by atoms with Crippen molar-refractivity contribution in [3.63, 3.8) is 0 Å². The first kappa shape index (κ1) is 24.5. The van der Waals surface area contributed by atoms with Crippen molar-refractivity contribution >= 4 is 58.1 Å². The number of nitrogens with zero attached hydrogens (tertiary/aromatic N) is 1. The summed E-state index contributed by atoms with van der Waals surface area (Å²) in [6, 6.07) is 8.76. The molecule has 1 saturated heterocycles. The van der Waals surface area contributed by atoms with Gasteiger partial charge in [-0.2, -0.15) is 0 Å². The lowest BCUT2D eigenvalue weighted by atomic mass is 10.2. The van der Waals surface area contributed by atoms with Crippen LogP contribution in [-0.2, 0) is 19.1 Å². The van der Waals surface area contributed by atoms with Crippen molar-refractivity contribution in [2.45, 2.75) is 13.0 Å². The van der Waals surface area contributed by atoms with Crippen molar-refractivity contribution in [3.05, 3.63) is 45.6 Å². The summed E-state index contributed by atoms with van der Waals surface area (Å²) in [6.07, 6.45) is -0.785. The van der Waals surface area contributed by atoms with E-state index in [0.717, 1.165) is 11.3 Å². The van der Waals surface area contributed by atoms with E-state index < -0.39 is 23.9 Å². The van der Waals surface area contributed by atoms with E-state index in [1.165, 1.54) is 0 Å². The average molecular weight is 495 g/mol. The Labute approximate surface area is 199 Å². The fourth-order valence-corrected chi connectivity index (χ4v) is 3.95. The maximum absolute atomic E-state index is 12.8. The number of carbonyl (C=O) groups excluding carboxylic acids is 4. The Morgan fingerprint density at radius 3 is 2.61 bits per heavy atom. The smallest absolute Gasteiger partial charge is 0.407 e. The Morgan fingerprint density at radius 2 is 1.97 bits per heavy atom. The van der Waals surface area contributed by atoms with Crippen molar-refractivity contribution < 1.29 is 28.7 Å². The largest absolute Gasteiger partial charge is 0.450 e. The molecule has 4 amide bonds. The lowest BCUT2D eigenvalue weighted by Crippen LogP contribution is -2.50. The van der Waals surface area contributed by atoms with Crippen LogP contribution in [0.2, 0.25) is 4.34 Å². The van der Waals surface area contributed by atoms with Gasteiger partial charge in [0, 0.05) is 24.5 Å². The molecule has 2 aromatic rings. The van der Waals surface area contributed by atoms with E-state index in [4.69, 9.17) is 21.1 Å². The lowest BCUT2D eigenvalue weighted by Gasteiger charge is -2.27. The Hall–Kier alpha value is -3.15. The summed E-state index contributed by atoms with van der Waals surface area (Å²) in [5.74, 6) is -1.11. The molecule has 0 aliphatic carbocycles. The Morgan fingerprint density at radius 1 is 1.21 bits per heavy atom. The highest BCUT2D eigenvalue weighted by Gasteiger charge is 2.24. The number of anilines is 2. The topological polar surface area (TPSA) is 126 Å². The van der Waals surface area contributed by atoms with Crippen molar-refractivity contribution in [2.24, 2.45) is 0 Å². The van der Waals surface area contributed by atoms with Crippen molar-refractivity contribution in [2.75, 3.05) is 43.1 Å². The number of thiophene rings is 1. The summed E-state index contributed by atoms with van der Waals surface area (Å²) in [7, 11) is 0. The molecule has 3 rings (SSSR count). The van der Waals surface area contributed by atoms with Crippen LogP contribution in [-0.4, -0.2) is 62.8 Å². The van der Waals surface area contributed by atoms with Crippen molar-refractivity contribution in [1.29, 1.82) is 0 Å². The van der Waals surface area contributed by atoms with Crippen LogP contribution in [0.5, 0.6) is 0 Å². The maximum Gasteiger partial charge on any atom is 0.407 e. The molecule has 33 heavy (non-hydrogen) atoms. The van der Waals surface area contributed by atoms with Gasteiger partial charge in [0.25, 0.3) is 11.8 Å². The minimum absolute atomic E-state index is 0.0308. The second kappa shape index (κ2) is 11.6. The van der Waals surface area contributed by atoms with Crippen LogP contribution in [0.3, 0.4) is 0 Å². The number of hydrogen-bond acceptors (Lipinski definition) is 7. The molecule has 176 valence electrons. The van der Waals surface area contributed by atoms with Crippen LogP contribution < -0.4 is 20.9 Å². The highest BCUT2D eigenvalue weighted by molar-refractivity contribution is 7.18. The minimum atomic E-state index is -1.09. The van der Waals surface area contributed by atoms with Gasteiger partial charge in [0.2, 0.25) is 5.91 Å². The second-order valence-corrected chi connectivity index (χ2v) is 8.58. The number of amides is 4. The highest BCUT2D eigenvalue weighted by Crippen LogP contribution is 2.21. The summed E-state index contributed by atoms with van der Waals surface area (Å²) < 4.78 is 10.4. The quantitative estimate of drug-likeness (QED) is 0.516. The van der Waals surface area contributed by atoms with Gasteiger partial charge in [0.05, 0.1) is 22.4 Å². The number of alkyl carbamates (subject to hydrolysis) is 1. The third-order valence-corrected chi connectivity index (χ3v) is 5.81. The first-order valence-corrected chi connectivity index (χ1v) is 11.3. The molecule has 0 bridgehead atoms. The number of halogens is 1. The van der Waals surface area contributed by atoms with Gasteiger partial charge in [-0.05, 0) is 43.3 Å². The molecule has 1 atom stereocenters. The average Bonchev–Trinajstić information content (AvgIpc) is 3.24. The summed E-state index contributed by atoms with van der Waals surface area (Å²) in [5.41, 5.74) is 1.14. The predicted octanol–water partition coefficient (Wildman–Crippen LogP) is 2.25. The monoisotopic (exact) mass is 494 g/mol. The van der Waals surface area contributed by atoms with Gasteiger partial charge in [0.15, 0.2) is 0 Å². The van der Waals surface area contributed by atoms with Crippen LogP contribution in [0.25, 0.3) is 0 Å². The number of rotatable bonds is 8. The van der Waals surface area contributed by atoms with E-state index in [1.807, 2.05) is 0 Å². The molecule has 0 radical (unpaired) electrons. The van der Waals surface area contributed by atoms with Gasteiger partial charge in [-0.3, -0.25) is 14.4 Å². The number of hydrogen-bond donors (Lipinski definition) is 3.